The molecule has 0 heterocycles. The van der Waals surface area contributed by atoms with Crippen molar-refractivity contribution in [1.82, 2.24) is 0 Å². The maximum absolute atomic E-state index is 10.5. The molecule has 0 saturated carbocycles. The third-order valence-electron chi connectivity index (χ3n) is 2.18. The van der Waals surface area contributed by atoms with Crippen LogP contribution in [0.2, 0.25) is 0 Å². The van der Waals surface area contributed by atoms with E-state index >= 15 is 0 Å². The zero-order chi connectivity index (χ0) is 12.1. The van der Waals surface area contributed by atoms with E-state index in [0.29, 0.717) is 12.1 Å². The average molecular weight is 283 g/mol. The van der Waals surface area contributed by atoms with Crippen LogP contribution in [0.3, 0.4) is 0 Å². The minimum atomic E-state index is -0.847. The number of hydrogen-bond donors (Lipinski definition) is 1. The molecule has 0 saturated heterocycles. The fourth-order valence-electron chi connectivity index (χ4n) is 1.33. The lowest BCUT2D eigenvalue weighted by molar-refractivity contribution is -0.136. The van der Waals surface area contributed by atoms with Crippen LogP contribution in [0.1, 0.15) is 12.0 Å². The first-order chi connectivity index (χ1) is 7.56. The van der Waals surface area contributed by atoms with Crippen LogP contribution in [0.15, 0.2) is 22.7 Å². The molecule has 0 aliphatic heterocycles. The van der Waals surface area contributed by atoms with Gasteiger partial charge >= 0.3 is 5.97 Å². The van der Waals surface area contributed by atoms with Crippen LogP contribution in [0.25, 0.3) is 0 Å². The number of rotatable bonds is 4. The second kappa shape index (κ2) is 5.52. The highest BCUT2D eigenvalue weighted by Crippen LogP contribution is 2.26. The fraction of sp³-hybridized carbons (Fsp3) is 0.273. The molecular formula is C11H11BrN2O2. The number of carboxylic acid groups (broad SMARTS) is 1. The predicted molar refractivity (Wildman–Crippen MR) is 64.4 cm³/mol. The summed E-state index contributed by atoms with van der Waals surface area (Å²) in [4.78, 5) is 12.2. The number of halogens is 1. The molecule has 1 aromatic rings. The average Bonchev–Trinajstić information content (AvgIpc) is 2.25. The van der Waals surface area contributed by atoms with E-state index in [4.69, 9.17) is 10.4 Å². The highest BCUT2D eigenvalue weighted by molar-refractivity contribution is 9.10. The van der Waals surface area contributed by atoms with Crippen molar-refractivity contribution in [3.63, 3.8) is 0 Å². The van der Waals surface area contributed by atoms with Gasteiger partial charge in [0, 0.05) is 18.1 Å². The molecule has 5 heteroatoms. The highest BCUT2D eigenvalue weighted by atomic mass is 79.9. The first kappa shape index (κ1) is 12.5. The molecule has 0 unspecified atom stereocenters. The van der Waals surface area contributed by atoms with Crippen LogP contribution in [-0.4, -0.2) is 24.7 Å². The summed E-state index contributed by atoms with van der Waals surface area (Å²) in [5.41, 5.74) is 1.26. The van der Waals surface area contributed by atoms with E-state index in [1.165, 1.54) is 0 Å². The van der Waals surface area contributed by atoms with E-state index in [0.717, 1.165) is 10.2 Å². The van der Waals surface area contributed by atoms with E-state index in [-0.39, 0.29) is 6.42 Å². The number of nitrogens with zero attached hydrogens (tertiary/aromatic N) is 2. The van der Waals surface area contributed by atoms with Crippen molar-refractivity contribution in [2.45, 2.75) is 6.42 Å². The van der Waals surface area contributed by atoms with Gasteiger partial charge < -0.3 is 10.0 Å². The smallest absolute Gasteiger partial charge is 0.305 e. The Balaban J connectivity index is 2.91. The van der Waals surface area contributed by atoms with E-state index < -0.39 is 5.97 Å². The standard InChI is InChI=1S/C11H11BrN2O2/c1-14(6-5-11(15)16)10-4-2-3-9(12)8(10)7-13/h2-4H,5-6H2,1H3,(H,15,16). The van der Waals surface area contributed by atoms with Gasteiger partial charge in [0.25, 0.3) is 0 Å². The second-order valence-corrected chi connectivity index (χ2v) is 4.17. The van der Waals surface area contributed by atoms with Crippen LogP contribution in [-0.2, 0) is 4.79 Å². The predicted octanol–water partition coefficient (Wildman–Crippen LogP) is 2.23. The Morgan fingerprint density at radius 1 is 1.62 bits per heavy atom. The summed E-state index contributed by atoms with van der Waals surface area (Å²) in [7, 11) is 1.77. The van der Waals surface area contributed by atoms with Gasteiger partial charge in [-0.1, -0.05) is 6.07 Å². The molecule has 0 bridgehead atoms. The summed E-state index contributed by atoms with van der Waals surface area (Å²) in [6, 6.07) is 7.50. The van der Waals surface area contributed by atoms with Crippen molar-refractivity contribution in [3.8, 4) is 6.07 Å². The Hall–Kier alpha value is -1.54. The lowest BCUT2D eigenvalue weighted by atomic mass is 10.2. The van der Waals surface area contributed by atoms with Crippen molar-refractivity contribution < 1.29 is 9.90 Å². The van der Waals surface area contributed by atoms with Gasteiger partial charge in [-0.05, 0) is 28.1 Å². The summed E-state index contributed by atoms with van der Waals surface area (Å²) in [6.07, 6.45) is 0.0495. The molecule has 1 aromatic carbocycles. The molecule has 0 aliphatic rings. The van der Waals surface area contributed by atoms with Gasteiger partial charge in [0.15, 0.2) is 0 Å². The van der Waals surface area contributed by atoms with E-state index in [2.05, 4.69) is 22.0 Å². The number of carboxylic acids is 1. The Bertz CT molecular complexity index is 440. The van der Waals surface area contributed by atoms with Gasteiger partial charge in [-0.15, -0.1) is 0 Å². The maximum Gasteiger partial charge on any atom is 0.305 e. The normalized spacial score (nSPS) is 9.56. The molecule has 0 amide bonds. The van der Waals surface area contributed by atoms with E-state index in [9.17, 15) is 4.79 Å². The minimum Gasteiger partial charge on any atom is -0.481 e. The summed E-state index contributed by atoms with van der Waals surface area (Å²) < 4.78 is 0.717. The van der Waals surface area contributed by atoms with Gasteiger partial charge in [0.05, 0.1) is 17.7 Å². The Morgan fingerprint density at radius 3 is 2.88 bits per heavy atom. The van der Waals surface area contributed by atoms with Crippen molar-refractivity contribution in [2.75, 3.05) is 18.5 Å². The number of carbonyl (C=O) groups is 1. The summed E-state index contributed by atoms with van der Waals surface area (Å²) >= 11 is 3.29. The summed E-state index contributed by atoms with van der Waals surface area (Å²) in [5, 5.41) is 17.6. The molecular weight excluding hydrogens is 272 g/mol. The van der Waals surface area contributed by atoms with Gasteiger partial charge in [0.1, 0.15) is 6.07 Å². The number of anilines is 1. The third kappa shape index (κ3) is 2.97. The number of nitriles is 1. The zero-order valence-corrected chi connectivity index (χ0v) is 10.4. The molecule has 1 rings (SSSR count). The second-order valence-electron chi connectivity index (χ2n) is 3.31. The maximum atomic E-state index is 10.5. The lowest BCUT2D eigenvalue weighted by Crippen LogP contribution is -2.21. The molecule has 0 aromatic heterocycles. The Kier molecular flexibility index (Phi) is 4.32. The van der Waals surface area contributed by atoms with Crippen molar-refractivity contribution in [3.05, 3.63) is 28.2 Å². The lowest BCUT2D eigenvalue weighted by Gasteiger charge is -2.19. The van der Waals surface area contributed by atoms with Crippen LogP contribution in [0.4, 0.5) is 5.69 Å². The Morgan fingerprint density at radius 2 is 2.31 bits per heavy atom. The van der Waals surface area contributed by atoms with E-state index in [1.807, 2.05) is 6.07 Å². The van der Waals surface area contributed by atoms with Crippen LogP contribution in [0, 0.1) is 11.3 Å². The van der Waals surface area contributed by atoms with Crippen LogP contribution in [0.5, 0.6) is 0 Å². The van der Waals surface area contributed by atoms with Crippen molar-refractivity contribution in [2.24, 2.45) is 0 Å². The van der Waals surface area contributed by atoms with Crippen molar-refractivity contribution >= 4 is 27.6 Å². The number of benzene rings is 1. The quantitative estimate of drug-likeness (QED) is 0.920. The highest BCUT2D eigenvalue weighted by Gasteiger charge is 2.10. The molecule has 4 nitrogen and oxygen atoms in total. The van der Waals surface area contributed by atoms with Gasteiger partial charge in [0.2, 0.25) is 0 Å². The third-order valence-corrected chi connectivity index (χ3v) is 2.84. The topological polar surface area (TPSA) is 64.3 Å². The minimum absolute atomic E-state index is 0.0495. The molecule has 84 valence electrons. The first-order valence-corrected chi connectivity index (χ1v) is 5.47. The van der Waals surface area contributed by atoms with Gasteiger partial charge in [-0.3, -0.25) is 4.79 Å². The van der Waals surface area contributed by atoms with E-state index in [1.54, 1.807) is 24.1 Å². The molecule has 0 fully saturated rings. The number of aliphatic carboxylic acids is 1. The first-order valence-electron chi connectivity index (χ1n) is 4.67. The molecule has 0 atom stereocenters. The SMILES string of the molecule is CN(CCC(=O)O)c1cccc(Br)c1C#N. The molecule has 0 aliphatic carbocycles. The fourth-order valence-corrected chi connectivity index (χ4v) is 1.77. The molecule has 1 N–H and O–H groups in total. The van der Waals surface area contributed by atoms with Crippen LogP contribution < -0.4 is 4.90 Å². The molecule has 0 radical (unpaired) electrons. The Labute approximate surface area is 102 Å². The largest absolute Gasteiger partial charge is 0.481 e. The van der Waals surface area contributed by atoms with Gasteiger partial charge in [-0.2, -0.15) is 5.26 Å². The van der Waals surface area contributed by atoms with Crippen molar-refractivity contribution in [1.29, 1.82) is 5.26 Å². The molecule has 0 spiro atoms. The zero-order valence-electron chi connectivity index (χ0n) is 8.77. The molecule has 16 heavy (non-hydrogen) atoms. The summed E-state index contributed by atoms with van der Waals surface area (Å²) in [6.45, 7) is 0.375. The number of hydrogen-bond acceptors (Lipinski definition) is 3. The summed E-state index contributed by atoms with van der Waals surface area (Å²) in [5.74, 6) is -0.847. The monoisotopic (exact) mass is 282 g/mol. The van der Waals surface area contributed by atoms with Gasteiger partial charge in [-0.25, -0.2) is 0 Å². The van der Waals surface area contributed by atoms with Crippen LogP contribution >= 0.6 is 15.9 Å².